The van der Waals surface area contributed by atoms with E-state index in [1.165, 1.54) is 19.2 Å². The van der Waals surface area contributed by atoms with Gasteiger partial charge in [0.25, 0.3) is 5.91 Å². The van der Waals surface area contributed by atoms with Gasteiger partial charge in [-0.05, 0) is 42.0 Å². The predicted molar refractivity (Wildman–Crippen MR) is 159 cm³/mol. The summed E-state index contributed by atoms with van der Waals surface area (Å²) in [6, 6.07) is 12.1. The number of carbonyl (C=O) groups excluding carboxylic acids is 4. The van der Waals surface area contributed by atoms with E-state index < -0.39 is 66.2 Å². The highest BCUT2D eigenvalue weighted by Gasteiger charge is 2.47. The molecule has 0 spiro atoms. The highest BCUT2D eigenvalue weighted by molar-refractivity contribution is 5.92. The van der Waals surface area contributed by atoms with E-state index in [2.05, 4.69) is 16.0 Å². The Morgan fingerprint density at radius 1 is 0.886 bits per heavy atom. The van der Waals surface area contributed by atoms with E-state index in [4.69, 9.17) is 15.2 Å². The van der Waals surface area contributed by atoms with Crippen molar-refractivity contribution in [1.82, 2.24) is 16.0 Å². The van der Waals surface area contributed by atoms with Crippen LogP contribution >= 0.6 is 0 Å². The molecule has 3 amide bonds. The summed E-state index contributed by atoms with van der Waals surface area (Å²) in [6.45, 7) is 3.53. The van der Waals surface area contributed by atoms with E-state index in [1.54, 1.807) is 42.5 Å². The van der Waals surface area contributed by atoms with Crippen molar-refractivity contribution < 1.29 is 44.0 Å². The molecule has 1 saturated heterocycles. The number of nitrogens with one attached hydrogen (secondary N) is 3. The molecule has 2 aromatic rings. The summed E-state index contributed by atoms with van der Waals surface area (Å²) in [5.74, 6) is -2.52. The molecule has 8 N–H and O–H groups in total. The second kappa shape index (κ2) is 16.1. The third kappa shape index (κ3) is 9.74. The van der Waals surface area contributed by atoms with E-state index in [-0.39, 0.29) is 31.1 Å². The van der Waals surface area contributed by atoms with Gasteiger partial charge in [0.2, 0.25) is 11.8 Å². The molecular formula is C31H42N4O9. The lowest BCUT2D eigenvalue weighted by Gasteiger charge is -2.25. The van der Waals surface area contributed by atoms with Gasteiger partial charge in [-0.15, -0.1) is 0 Å². The maximum absolute atomic E-state index is 13.4. The minimum Gasteiger partial charge on any atom is -0.508 e. The highest BCUT2D eigenvalue weighted by Crippen LogP contribution is 2.22. The Hall–Kier alpha value is -4.04. The number of carbonyl (C=O) groups is 4. The van der Waals surface area contributed by atoms with Gasteiger partial charge >= 0.3 is 5.97 Å². The van der Waals surface area contributed by atoms with E-state index in [0.717, 1.165) is 11.1 Å². The largest absolute Gasteiger partial charge is 0.508 e. The first-order chi connectivity index (χ1) is 20.9. The van der Waals surface area contributed by atoms with E-state index in [0.29, 0.717) is 6.42 Å². The lowest BCUT2D eigenvalue weighted by atomic mass is 10.0. The monoisotopic (exact) mass is 614 g/mol. The number of benzene rings is 2. The van der Waals surface area contributed by atoms with Gasteiger partial charge in [-0.25, -0.2) is 4.79 Å². The normalized spacial score (nSPS) is 21.6. The summed E-state index contributed by atoms with van der Waals surface area (Å²) < 4.78 is 10.5. The third-order valence-electron chi connectivity index (χ3n) is 7.25. The SMILES string of the molecule is COC(=O)[C@H](CC(C)C)NC(=O)[C@H](Cc1ccccc1)NC(=O)[C@H]1O[C@H](CNC(=O)[C@@H](N)Cc2ccc(O)cc2)[C@@H](O)[C@@H]1O. The predicted octanol–water partition coefficient (Wildman–Crippen LogP) is -0.701. The van der Waals surface area contributed by atoms with Crippen molar-refractivity contribution in [2.75, 3.05) is 13.7 Å². The van der Waals surface area contributed by atoms with Gasteiger partial charge in [0.15, 0.2) is 6.10 Å². The van der Waals surface area contributed by atoms with Crippen LogP contribution in [0.4, 0.5) is 0 Å². The lowest BCUT2D eigenvalue weighted by Crippen LogP contribution is -2.55. The van der Waals surface area contributed by atoms with Crippen LogP contribution in [0.1, 0.15) is 31.4 Å². The van der Waals surface area contributed by atoms with Crippen LogP contribution in [0.25, 0.3) is 0 Å². The number of rotatable bonds is 14. The Morgan fingerprint density at radius 3 is 2.14 bits per heavy atom. The van der Waals surface area contributed by atoms with Crippen molar-refractivity contribution in [3.63, 3.8) is 0 Å². The molecule has 13 heteroatoms. The van der Waals surface area contributed by atoms with Crippen molar-refractivity contribution >= 4 is 23.7 Å². The number of aliphatic hydroxyl groups is 2. The number of hydrogen-bond acceptors (Lipinski definition) is 10. The van der Waals surface area contributed by atoms with E-state index >= 15 is 0 Å². The van der Waals surface area contributed by atoms with Crippen LogP contribution in [-0.4, -0.2) is 95.2 Å². The van der Waals surface area contributed by atoms with Crippen LogP contribution < -0.4 is 21.7 Å². The summed E-state index contributed by atoms with van der Waals surface area (Å²) in [4.78, 5) is 51.5. The van der Waals surface area contributed by atoms with Crippen molar-refractivity contribution in [1.29, 1.82) is 0 Å². The van der Waals surface area contributed by atoms with Crippen LogP contribution in [0.15, 0.2) is 54.6 Å². The Labute approximate surface area is 256 Å². The van der Waals surface area contributed by atoms with Crippen molar-refractivity contribution in [2.24, 2.45) is 11.7 Å². The maximum Gasteiger partial charge on any atom is 0.328 e. The molecule has 7 atom stereocenters. The zero-order chi connectivity index (χ0) is 32.4. The van der Waals surface area contributed by atoms with Gasteiger partial charge in [0.05, 0.1) is 13.2 Å². The van der Waals surface area contributed by atoms with Gasteiger partial charge in [0, 0.05) is 13.0 Å². The second-order valence-corrected chi connectivity index (χ2v) is 11.3. The molecule has 1 heterocycles. The summed E-state index contributed by atoms with van der Waals surface area (Å²) in [7, 11) is 1.22. The smallest absolute Gasteiger partial charge is 0.328 e. The molecule has 0 bridgehead atoms. The molecule has 240 valence electrons. The molecule has 1 aliphatic heterocycles. The number of ether oxygens (including phenoxy) is 2. The topological polar surface area (TPSA) is 210 Å². The quantitative estimate of drug-likeness (QED) is 0.133. The van der Waals surface area contributed by atoms with Crippen LogP contribution in [0, 0.1) is 5.92 Å². The molecule has 0 aliphatic carbocycles. The first kappa shape index (κ1) is 34.5. The third-order valence-corrected chi connectivity index (χ3v) is 7.25. The minimum absolute atomic E-state index is 0.0601. The highest BCUT2D eigenvalue weighted by atomic mass is 16.5. The average Bonchev–Trinajstić information content (AvgIpc) is 3.28. The Balaban J connectivity index is 1.64. The van der Waals surface area contributed by atoms with Gasteiger partial charge in [0.1, 0.15) is 36.1 Å². The standard InChI is InChI=1S/C31H42N4O9/c1-17(2)13-23(31(42)43-3)35-29(40)22(15-18-7-5-4-6-8-18)34-30(41)27-26(38)25(37)24(44-27)16-33-28(39)21(32)14-19-9-11-20(36)12-10-19/h4-12,17,21-27,36-38H,13-16,32H2,1-3H3,(H,33,39)(H,34,41)(H,35,40)/t21-,22-,23-,24+,25+,26-,27-/m0/s1. The van der Waals surface area contributed by atoms with Gasteiger partial charge in [-0.2, -0.15) is 0 Å². The summed E-state index contributed by atoms with van der Waals surface area (Å²) >= 11 is 0. The first-order valence-corrected chi connectivity index (χ1v) is 14.4. The molecule has 0 aromatic heterocycles. The number of esters is 1. The fourth-order valence-corrected chi connectivity index (χ4v) is 4.86. The number of hydrogen-bond donors (Lipinski definition) is 7. The van der Waals surface area contributed by atoms with Crippen molar-refractivity contribution in [3.05, 3.63) is 65.7 Å². The molecule has 1 fully saturated rings. The van der Waals surface area contributed by atoms with Gasteiger partial charge in [-0.1, -0.05) is 56.3 Å². The second-order valence-electron chi connectivity index (χ2n) is 11.3. The van der Waals surface area contributed by atoms with Gasteiger partial charge < -0.3 is 46.5 Å². The summed E-state index contributed by atoms with van der Waals surface area (Å²) in [5.41, 5.74) is 7.44. The van der Waals surface area contributed by atoms with Crippen LogP contribution in [-0.2, 0) is 41.5 Å². The van der Waals surface area contributed by atoms with Crippen molar-refractivity contribution in [3.8, 4) is 5.75 Å². The zero-order valence-corrected chi connectivity index (χ0v) is 25.0. The lowest BCUT2D eigenvalue weighted by molar-refractivity contribution is -0.146. The van der Waals surface area contributed by atoms with E-state index in [1.807, 2.05) is 13.8 Å². The molecule has 1 aliphatic rings. The molecule has 2 aromatic carbocycles. The summed E-state index contributed by atoms with van der Waals surface area (Å²) in [5, 5.41) is 38.4. The number of nitrogens with two attached hydrogens (primary N) is 1. The van der Waals surface area contributed by atoms with Crippen LogP contribution in [0.3, 0.4) is 0 Å². The van der Waals surface area contributed by atoms with Crippen LogP contribution in [0.5, 0.6) is 5.75 Å². The molecule has 0 unspecified atom stereocenters. The number of methoxy groups -OCH3 is 1. The average molecular weight is 615 g/mol. The number of phenolic OH excluding ortho intramolecular Hbond substituents is 1. The Bertz CT molecular complexity index is 1260. The zero-order valence-electron chi connectivity index (χ0n) is 25.0. The number of aromatic hydroxyl groups is 1. The molecule has 0 radical (unpaired) electrons. The maximum atomic E-state index is 13.4. The van der Waals surface area contributed by atoms with E-state index in [9.17, 15) is 34.5 Å². The minimum atomic E-state index is -1.65. The Kier molecular flexibility index (Phi) is 12.6. The van der Waals surface area contributed by atoms with Crippen molar-refractivity contribution in [2.45, 2.75) is 75.7 Å². The number of amides is 3. The molecular weight excluding hydrogens is 572 g/mol. The van der Waals surface area contributed by atoms with Crippen LogP contribution in [0.2, 0.25) is 0 Å². The fraction of sp³-hybridized carbons (Fsp3) is 0.484. The molecule has 0 saturated carbocycles. The molecule has 44 heavy (non-hydrogen) atoms. The Morgan fingerprint density at radius 2 is 1.52 bits per heavy atom. The molecule has 13 nitrogen and oxygen atoms in total. The number of aliphatic hydroxyl groups excluding tert-OH is 2. The van der Waals surface area contributed by atoms with Gasteiger partial charge in [-0.3, -0.25) is 14.4 Å². The summed E-state index contributed by atoms with van der Waals surface area (Å²) in [6.07, 6.45) is -5.28. The molecule has 3 rings (SSSR count). The fourth-order valence-electron chi connectivity index (χ4n) is 4.86. The first-order valence-electron chi connectivity index (χ1n) is 14.4. The number of phenols is 1.